The van der Waals surface area contributed by atoms with E-state index in [1.165, 1.54) is 22.7 Å². The van der Waals surface area contributed by atoms with Crippen molar-refractivity contribution in [2.45, 2.75) is 51.6 Å². The normalized spacial score (nSPS) is 18.2. The first-order valence-electron chi connectivity index (χ1n) is 12.8. The molecule has 0 radical (unpaired) electrons. The summed E-state index contributed by atoms with van der Waals surface area (Å²) in [6.45, 7) is 10.8. The molecule has 0 atom stereocenters. The summed E-state index contributed by atoms with van der Waals surface area (Å²) in [7, 11) is 0. The average Bonchev–Trinajstić information content (AvgIpc) is 3.55. The number of likely N-dealkylation sites (tertiary alicyclic amines) is 2. The van der Waals surface area contributed by atoms with E-state index in [1.807, 2.05) is 0 Å². The molecular formula is C24H36N6O4S2. The number of nitrogens with one attached hydrogen (secondary N) is 2. The molecular weight excluding hydrogens is 500 g/mol. The highest BCUT2D eigenvalue weighted by molar-refractivity contribution is 7.14. The van der Waals surface area contributed by atoms with Crippen molar-refractivity contribution in [1.29, 1.82) is 0 Å². The molecule has 0 spiro atoms. The number of carbonyl (C=O) groups is 2. The molecule has 2 aromatic heterocycles. The van der Waals surface area contributed by atoms with Gasteiger partial charge < -0.3 is 29.9 Å². The summed E-state index contributed by atoms with van der Waals surface area (Å²) in [4.78, 5) is 37.4. The van der Waals surface area contributed by atoms with Crippen molar-refractivity contribution in [2.24, 2.45) is 0 Å². The Morgan fingerprint density at radius 1 is 0.806 bits per heavy atom. The first-order valence-corrected chi connectivity index (χ1v) is 14.5. The Labute approximate surface area is 220 Å². The number of hydrogen-bond acceptors (Lipinski definition) is 12. The van der Waals surface area contributed by atoms with Gasteiger partial charge in [-0.2, -0.15) is 0 Å². The highest BCUT2D eigenvalue weighted by atomic mass is 32.1. The molecule has 0 aliphatic carbocycles. The second-order valence-electron chi connectivity index (χ2n) is 9.04. The number of nitrogens with zero attached hydrogens (tertiary/aromatic N) is 4. The Bertz CT molecular complexity index is 905. The summed E-state index contributed by atoms with van der Waals surface area (Å²) in [5, 5.41) is 12.1. The summed E-state index contributed by atoms with van der Waals surface area (Å²) >= 11 is 2.92. The quantitative estimate of drug-likeness (QED) is 0.415. The van der Waals surface area contributed by atoms with Gasteiger partial charge in [0, 0.05) is 62.1 Å². The van der Waals surface area contributed by atoms with Gasteiger partial charge in [0.15, 0.2) is 21.7 Å². The molecule has 2 aromatic rings. The minimum Gasteiger partial charge on any atom is -0.461 e. The SMILES string of the molecule is CCOC(=O)c1csc(NC2CCN(CCN3CCC(Nc4nc(C(=O)OCC)cs4)CC3)CC2)n1. The van der Waals surface area contributed by atoms with Gasteiger partial charge in [-0.25, -0.2) is 19.6 Å². The number of esters is 2. The van der Waals surface area contributed by atoms with Gasteiger partial charge >= 0.3 is 11.9 Å². The van der Waals surface area contributed by atoms with Crippen LogP contribution >= 0.6 is 22.7 Å². The third kappa shape index (κ3) is 7.61. The molecule has 4 rings (SSSR count). The molecule has 0 aromatic carbocycles. The van der Waals surface area contributed by atoms with E-state index < -0.39 is 0 Å². The maximum atomic E-state index is 11.8. The standard InChI is InChI=1S/C24H36N6O4S2/c1-3-33-21(31)19-15-35-23(27-19)25-17-5-9-29(10-6-17)13-14-30-11-7-18(8-12-30)26-24-28-20(16-36-24)22(32)34-4-2/h15-18H,3-14H2,1-2H3,(H,25,27)(H,26,28). The van der Waals surface area contributed by atoms with E-state index in [1.54, 1.807) is 24.6 Å². The van der Waals surface area contributed by atoms with Gasteiger partial charge in [0.25, 0.3) is 0 Å². The van der Waals surface area contributed by atoms with E-state index in [0.717, 1.165) is 75.2 Å². The Morgan fingerprint density at radius 3 is 1.56 bits per heavy atom. The van der Waals surface area contributed by atoms with Crippen LogP contribution in [0.4, 0.5) is 10.3 Å². The van der Waals surface area contributed by atoms with Crippen LogP contribution < -0.4 is 10.6 Å². The zero-order valence-electron chi connectivity index (χ0n) is 21.0. The fourth-order valence-corrected chi connectivity index (χ4v) is 6.03. The van der Waals surface area contributed by atoms with Crippen molar-refractivity contribution < 1.29 is 19.1 Å². The summed E-state index contributed by atoms with van der Waals surface area (Å²) in [5.41, 5.74) is 0.766. The first kappa shape index (κ1) is 26.8. The van der Waals surface area contributed by atoms with Crippen LogP contribution in [0.1, 0.15) is 60.5 Å². The fourth-order valence-electron chi connectivity index (χ4n) is 4.51. The van der Waals surface area contributed by atoms with Crippen LogP contribution in [0.3, 0.4) is 0 Å². The first-order chi connectivity index (χ1) is 17.5. The van der Waals surface area contributed by atoms with Crippen LogP contribution in [-0.4, -0.2) is 96.3 Å². The number of piperidine rings is 2. The average molecular weight is 537 g/mol. The highest BCUT2D eigenvalue weighted by Gasteiger charge is 2.24. The minimum atomic E-state index is -0.359. The predicted octanol–water partition coefficient (Wildman–Crippen LogP) is 3.41. The molecule has 12 heteroatoms. The Balaban J connectivity index is 1.10. The van der Waals surface area contributed by atoms with E-state index in [0.29, 0.717) is 36.7 Å². The molecule has 198 valence electrons. The van der Waals surface area contributed by atoms with E-state index in [2.05, 4.69) is 30.4 Å². The highest BCUT2D eigenvalue weighted by Crippen LogP contribution is 2.23. The number of hydrogen-bond donors (Lipinski definition) is 2. The molecule has 2 N–H and O–H groups in total. The van der Waals surface area contributed by atoms with Crippen molar-refractivity contribution >= 4 is 44.9 Å². The lowest BCUT2D eigenvalue weighted by atomic mass is 10.0. The van der Waals surface area contributed by atoms with Gasteiger partial charge in [0.2, 0.25) is 0 Å². The molecule has 2 fully saturated rings. The lowest BCUT2D eigenvalue weighted by Crippen LogP contribution is -2.45. The van der Waals surface area contributed by atoms with Crippen molar-refractivity contribution in [3.63, 3.8) is 0 Å². The lowest BCUT2D eigenvalue weighted by molar-refractivity contribution is 0.0511. The van der Waals surface area contributed by atoms with E-state index in [9.17, 15) is 9.59 Å². The monoisotopic (exact) mass is 536 g/mol. The number of thiazole rings is 2. The van der Waals surface area contributed by atoms with Gasteiger partial charge in [-0.15, -0.1) is 22.7 Å². The summed E-state index contributed by atoms with van der Waals surface area (Å²) in [6, 6.07) is 0.777. The van der Waals surface area contributed by atoms with Crippen LogP contribution in [-0.2, 0) is 9.47 Å². The van der Waals surface area contributed by atoms with E-state index >= 15 is 0 Å². The molecule has 0 unspecified atom stereocenters. The molecule has 4 heterocycles. The molecule has 2 saturated heterocycles. The van der Waals surface area contributed by atoms with Gasteiger partial charge in [0.1, 0.15) is 0 Å². The number of ether oxygens (including phenoxy) is 2. The lowest BCUT2D eigenvalue weighted by Gasteiger charge is -2.36. The molecule has 36 heavy (non-hydrogen) atoms. The van der Waals surface area contributed by atoms with Gasteiger partial charge in [-0.1, -0.05) is 0 Å². The molecule has 0 saturated carbocycles. The van der Waals surface area contributed by atoms with Gasteiger partial charge in [-0.05, 0) is 39.5 Å². The van der Waals surface area contributed by atoms with Crippen LogP contribution in [0.2, 0.25) is 0 Å². The second-order valence-corrected chi connectivity index (χ2v) is 10.8. The number of rotatable bonds is 11. The maximum absolute atomic E-state index is 11.8. The number of carbonyl (C=O) groups excluding carboxylic acids is 2. The Kier molecular flexibility index (Phi) is 9.90. The fraction of sp³-hybridized carbons (Fsp3) is 0.667. The third-order valence-electron chi connectivity index (χ3n) is 6.54. The molecule has 10 nitrogen and oxygen atoms in total. The zero-order valence-corrected chi connectivity index (χ0v) is 22.7. The summed E-state index contributed by atoms with van der Waals surface area (Å²) < 4.78 is 10.0. The third-order valence-corrected chi connectivity index (χ3v) is 8.09. The second kappa shape index (κ2) is 13.3. The van der Waals surface area contributed by atoms with Crippen molar-refractivity contribution in [3.05, 3.63) is 22.1 Å². The summed E-state index contributed by atoms with van der Waals surface area (Å²) in [5.74, 6) is -0.717. The van der Waals surface area contributed by atoms with Crippen LogP contribution in [0.25, 0.3) is 0 Å². The maximum Gasteiger partial charge on any atom is 0.357 e. The molecule has 2 aliphatic rings. The zero-order chi connectivity index (χ0) is 25.3. The topological polar surface area (TPSA) is 109 Å². The predicted molar refractivity (Wildman–Crippen MR) is 142 cm³/mol. The molecule has 0 amide bonds. The smallest absolute Gasteiger partial charge is 0.357 e. The van der Waals surface area contributed by atoms with E-state index in [4.69, 9.17) is 9.47 Å². The van der Waals surface area contributed by atoms with Crippen molar-refractivity contribution in [1.82, 2.24) is 19.8 Å². The van der Waals surface area contributed by atoms with Crippen molar-refractivity contribution in [3.8, 4) is 0 Å². The van der Waals surface area contributed by atoms with Crippen LogP contribution in [0.5, 0.6) is 0 Å². The van der Waals surface area contributed by atoms with Crippen LogP contribution in [0.15, 0.2) is 10.8 Å². The summed E-state index contributed by atoms with van der Waals surface area (Å²) in [6.07, 6.45) is 4.29. The number of aromatic nitrogens is 2. The minimum absolute atomic E-state index is 0.359. The Hall–Kier alpha value is -2.28. The van der Waals surface area contributed by atoms with E-state index in [-0.39, 0.29) is 11.9 Å². The van der Waals surface area contributed by atoms with Gasteiger partial charge in [0.05, 0.1) is 13.2 Å². The van der Waals surface area contributed by atoms with Crippen molar-refractivity contribution in [2.75, 3.05) is 63.1 Å². The van der Waals surface area contributed by atoms with Gasteiger partial charge in [-0.3, -0.25) is 0 Å². The molecule has 0 bridgehead atoms. The molecule has 2 aliphatic heterocycles. The number of anilines is 2. The largest absolute Gasteiger partial charge is 0.461 e. The Morgan fingerprint density at radius 2 is 1.19 bits per heavy atom. The van der Waals surface area contributed by atoms with Crippen LogP contribution in [0, 0.1) is 0 Å².